The minimum atomic E-state index is -1.85. The Bertz CT molecular complexity index is 1660. The van der Waals surface area contributed by atoms with Gasteiger partial charge in [0.05, 0.1) is 13.7 Å². The molecule has 10 atom stereocenters. The van der Waals surface area contributed by atoms with Crippen molar-refractivity contribution in [2.24, 2.45) is 0 Å². The van der Waals surface area contributed by atoms with E-state index in [1.807, 2.05) is 0 Å². The number of carbonyl (C=O) groups excluding carboxylic acids is 8. The number of methoxy groups -OCH3 is 1. The van der Waals surface area contributed by atoms with Gasteiger partial charge >= 0.3 is 47.8 Å². The molecule has 21 heteroatoms. The monoisotopic (exact) mass is 828 g/mol. The van der Waals surface area contributed by atoms with Gasteiger partial charge in [0.25, 0.3) is 0 Å². The van der Waals surface area contributed by atoms with Gasteiger partial charge in [0.1, 0.15) is 31.5 Å². The minimum absolute atomic E-state index is 0.142. The Labute approximate surface area is 333 Å². The number of hydrogen-bond donors (Lipinski definition) is 0. The molecule has 3 rings (SSSR count). The fraction of sp³-hybridized carbons (Fsp3) is 0.622. The Kier molecular flexibility index (Phi) is 17.8. The summed E-state index contributed by atoms with van der Waals surface area (Å²) in [7, 11) is 1.40. The maximum absolute atomic E-state index is 12.7. The number of rotatable bonds is 17. The molecule has 1 aromatic rings. The highest BCUT2D eigenvalue weighted by Gasteiger charge is 2.57. The van der Waals surface area contributed by atoms with Crippen molar-refractivity contribution in [3.63, 3.8) is 0 Å². The number of carbonyl (C=O) groups is 8. The van der Waals surface area contributed by atoms with Crippen molar-refractivity contribution >= 4 is 47.8 Å². The average Bonchev–Trinajstić information content (AvgIpc) is 3.10. The molecular formula is C37H48O21. The van der Waals surface area contributed by atoms with Crippen molar-refractivity contribution in [3.05, 3.63) is 23.8 Å². The average molecular weight is 829 g/mol. The van der Waals surface area contributed by atoms with E-state index in [4.69, 9.17) is 61.6 Å². The third kappa shape index (κ3) is 14.2. The van der Waals surface area contributed by atoms with E-state index in [2.05, 4.69) is 0 Å². The van der Waals surface area contributed by atoms with Gasteiger partial charge in [-0.3, -0.25) is 38.4 Å². The fourth-order valence-electron chi connectivity index (χ4n) is 6.01. The van der Waals surface area contributed by atoms with Crippen LogP contribution in [0.5, 0.6) is 11.5 Å². The zero-order valence-electron chi connectivity index (χ0n) is 33.4. The van der Waals surface area contributed by atoms with Crippen molar-refractivity contribution in [2.75, 3.05) is 26.9 Å². The Balaban J connectivity index is 2.13. The summed E-state index contributed by atoms with van der Waals surface area (Å²) in [6.45, 7) is 7.32. The van der Waals surface area contributed by atoms with Crippen LogP contribution in [0.1, 0.15) is 61.0 Å². The van der Waals surface area contributed by atoms with Gasteiger partial charge in [-0.25, -0.2) is 0 Å². The van der Waals surface area contributed by atoms with Gasteiger partial charge in [-0.1, -0.05) is 6.07 Å². The number of esters is 8. The molecule has 0 amide bonds. The van der Waals surface area contributed by atoms with Crippen molar-refractivity contribution in [2.45, 2.75) is 123 Å². The van der Waals surface area contributed by atoms with Gasteiger partial charge in [-0.2, -0.15) is 0 Å². The van der Waals surface area contributed by atoms with E-state index in [1.54, 1.807) is 18.2 Å². The number of ether oxygens (including phenoxy) is 13. The van der Waals surface area contributed by atoms with E-state index < -0.39 is 122 Å². The highest BCUT2D eigenvalue weighted by atomic mass is 16.8. The molecule has 0 aliphatic carbocycles. The molecular weight excluding hydrogens is 780 g/mol. The van der Waals surface area contributed by atoms with Crippen LogP contribution in [-0.2, 0) is 96.9 Å². The maximum Gasteiger partial charge on any atom is 0.308 e. The van der Waals surface area contributed by atoms with Crippen molar-refractivity contribution in [1.29, 1.82) is 0 Å². The molecule has 0 bridgehead atoms. The Morgan fingerprint density at radius 2 is 0.966 bits per heavy atom. The lowest BCUT2D eigenvalue weighted by Gasteiger charge is -2.48. The molecule has 2 aliphatic heterocycles. The van der Waals surface area contributed by atoms with E-state index in [0.29, 0.717) is 5.56 Å². The largest absolute Gasteiger partial charge is 0.493 e. The molecule has 0 radical (unpaired) electrons. The molecule has 0 saturated carbocycles. The highest BCUT2D eigenvalue weighted by Crippen LogP contribution is 2.36. The molecule has 2 heterocycles. The standard InChI is InChI=1S/C37H48O21/c1-17(38)48-15-28-31(52-21(5)42)33(34(54-23(7)44)36(56-28)47-13-12-25-10-11-26(46-9)27(14-25)50-19(3)40)58-37-35(55-24(8)45)32(53-22(6)43)30(51-20(4)41)29(57-37)16-49-18(2)39/h10-11,14,28-37H,12-13,15-16H2,1-9H3/t28-,29-,30-,31-,32+,33+,34-,35-,36-,37+/m1/s1. The normalized spacial score (nSPS) is 26.5. The topological polar surface area (TPSA) is 257 Å². The van der Waals surface area contributed by atoms with Crippen LogP contribution in [0.25, 0.3) is 0 Å². The summed E-state index contributed by atoms with van der Waals surface area (Å²) in [5.74, 6) is -6.18. The second-order valence-corrected chi connectivity index (χ2v) is 12.9. The summed E-state index contributed by atoms with van der Waals surface area (Å²) >= 11 is 0. The van der Waals surface area contributed by atoms with E-state index >= 15 is 0 Å². The zero-order valence-corrected chi connectivity index (χ0v) is 33.4. The summed E-state index contributed by atoms with van der Waals surface area (Å²) in [5.41, 5.74) is 0.608. The third-order valence-electron chi connectivity index (χ3n) is 8.04. The molecule has 2 aliphatic rings. The lowest BCUT2D eigenvalue weighted by atomic mass is 9.96. The minimum Gasteiger partial charge on any atom is -0.493 e. The first-order valence-corrected chi connectivity index (χ1v) is 17.9. The van der Waals surface area contributed by atoms with Crippen LogP contribution in [0.2, 0.25) is 0 Å². The Morgan fingerprint density at radius 1 is 0.517 bits per heavy atom. The SMILES string of the molecule is COc1ccc(CCO[C@@H]2O[C@H](COC(C)=O)[C@@H](OC(C)=O)[C@H](O[C@@H]3O[C@H](COC(C)=O)[C@@H](OC(C)=O)[C@H](OC(C)=O)[C@H]3OC(C)=O)[C@H]2OC(C)=O)cc1OC(C)=O. The van der Waals surface area contributed by atoms with E-state index in [1.165, 1.54) is 14.0 Å². The molecule has 2 saturated heterocycles. The van der Waals surface area contributed by atoms with Gasteiger partial charge < -0.3 is 61.6 Å². The van der Waals surface area contributed by atoms with Crippen LogP contribution in [0, 0.1) is 0 Å². The van der Waals surface area contributed by atoms with Crippen LogP contribution in [0.4, 0.5) is 0 Å². The lowest BCUT2D eigenvalue weighted by Crippen LogP contribution is -2.67. The van der Waals surface area contributed by atoms with Crippen LogP contribution in [0.15, 0.2) is 18.2 Å². The van der Waals surface area contributed by atoms with Crippen LogP contribution in [-0.4, -0.2) is 136 Å². The van der Waals surface area contributed by atoms with Gasteiger partial charge in [-0.15, -0.1) is 0 Å². The first-order chi connectivity index (χ1) is 27.3. The number of hydrogen-bond acceptors (Lipinski definition) is 21. The second kappa shape index (κ2) is 22.0. The summed E-state index contributed by atoms with van der Waals surface area (Å²) in [5, 5.41) is 0. The van der Waals surface area contributed by atoms with E-state index in [-0.39, 0.29) is 24.5 Å². The molecule has 0 aromatic heterocycles. The van der Waals surface area contributed by atoms with E-state index in [9.17, 15) is 38.4 Å². The zero-order chi connectivity index (χ0) is 43.3. The molecule has 0 N–H and O–H groups in total. The van der Waals surface area contributed by atoms with Gasteiger partial charge in [0.2, 0.25) is 0 Å². The first-order valence-electron chi connectivity index (χ1n) is 17.9. The van der Waals surface area contributed by atoms with Crippen LogP contribution < -0.4 is 9.47 Å². The molecule has 0 unspecified atom stereocenters. The predicted molar refractivity (Wildman–Crippen MR) is 187 cm³/mol. The van der Waals surface area contributed by atoms with Crippen molar-refractivity contribution in [3.8, 4) is 11.5 Å². The van der Waals surface area contributed by atoms with Gasteiger partial charge in [0, 0.05) is 55.4 Å². The predicted octanol–water partition coefficient (Wildman–Crippen LogP) is 0.799. The smallest absolute Gasteiger partial charge is 0.308 e. The van der Waals surface area contributed by atoms with Crippen LogP contribution >= 0.6 is 0 Å². The molecule has 0 spiro atoms. The van der Waals surface area contributed by atoms with Crippen molar-refractivity contribution in [1.82, 2.24) is 0 Å². The third-order valence-corrected chi connectivity index (χ3v) is 8.04. The summed E-state index contributed by atoms with van der Waals surface area (Å²) in [6, 6.07) is 4.80. The molecule has 1 aromatic carbocycles. The maximum atomic E-state index is 12.7. The van der Waals surface area contributed by atoms with Crippen LogP contribution in [0.3, 0.4) is 0 Å². The summed E-state index contributed by atoms with van der Waals surface area (Å²) < 4.78 is 73.3. The molecule has 58 heavy (non-hydrogen) atoms. The molecule has 2 fully saturated rings. The van der Waals surface area contributed by atoms with Gasteiger partial charge in [0.15, 0.2) is 54.6 Å². The second-order valence-electron chi connectivity index (χ2n) is 12.9. The lowest BCUT2D eigenvalue weighted by molar-refractivity contribution is -0.361. The molecule has 21 nitrogen and oxygen atoms in total. The Morgan fingerprint density at radius 3 is 1.43 bits per heavy atom. The quantitative estimate of drug-likeness (QED) is 0.119. The number of benzene rings is 1. The fourth-order valence-corrected chi connectivity index (χ4v) is 6.01. The highest BCUT2D eigenvalue weighted by molar-refractivity contribution is 5.71. The first kappa shape index (κ1) is 47.0. The van der Waals surface area contributed by atoms with Crippen molar-refractivity contribution < 1.29 is 99.9 Å². The van der Waals surface area contributed by atoms with E-state index in [0.717, 1.165) is 48.5 Å². The summed E-state index contributed by atoms with van der Waals surface area (Å²) in [6.07, 6.45) is -15.9. The Hall–Kier alpha value is -5.38. The van der Waals surface area contributed by atoms with Gasteiger partial charge in [-0.05, 0) is 24.1 Å². The summed E-state index contributed by atoms with van der Waals surface area (Å²) in [4.78, 5) is 97.9. The molecule has 322 valence electrons.